The van der Waals surface area contributed by atoms with Crippen LogP contribution >= 0.6 is 0 Å². The van der Waals surface area contributed by atoms with Crippen molar-refractivity contribution in [2.75, 3.05) is 44.6 Å². The third-order valence-corrected chi connectivity index (χ3v) is 4.87. The Labute approximate surface area is 151 Å². The molecular weight excluding hydrogens is 339 g/mol. The maximum atomic E-state index is 13.3. The number of carbonyl (C=O) groups is 3. The fourth-order valence-electron chi connectivity index (χ4n) is 3.23. The number of halogens is 1. The summed E-state index contributed by atoms with van der Waals surface area (Å²) in [6.07, 6.45) is 1.87. The number of likely N-dealkylation sites (tertiary alicyclic amines) is 1. The van der Waals surface area contributed by atoms with Crippen molar-refractivity contribution in [3.05, 3.63) is 29.6 Å². The smallest absolute Gasteiger partial charge is 0.321 e. The molecule has 0 saturated carbocycles. The van der Waals surface area contributed by atoms with E-state index in [1.807, 2.05) is 0 Å². The highest BCUT2D eigenvalue weighted by Gasteiger charge is 2.31. The van der Waals surface area contributed by atoms with Gasteiger partial charge < -0.3 is 20.0 Å². The first-order chi connectivity index (χ1) is 12.5. The molecule has 2 aliphatic heterocycles. The largest absolute Gasteiger partial charge is 0.334 e. The lowest BCUT2D eigenvalue weighted by atomic mass is 10.2. The van der Waals surface area contributed by atoms with Crippen LogP contribution in [0.4, 0.5) is 14.9 Å². The van der Waals surface area contributed by atoms with Crippen LogP contribution in [0.5, 0.6) is 0 Å². The number of carbonyl (C=O) groups excluding carboxylic acids is 3. The summed E-state index contributed by atoms with van der Waals surface area (Å²) >= 11 is 0. The number of benzene rings is 1. The summed E-state index contributed by atoms with van der Waals surface area (Å²) in [4.78, 5) is 41.5. The van der Waals surface area contributed by atoms with Crippen LogP contribution in [0.3, 0.4) is 0 Å². The lowest BCUT2D eigenvalue weighted by Gasteiger charge is -2.35. The van der Waals surface area contributed by atoms with Gasteiger partial charge in [0.1, 0.15) is 5.82 Å². The molecule has 2 saturated heterocycles. The van der Waals surface area contributed by atoms with Gasteiger partial charge in [0.25, 0.3) is 0 Å². The number of hydrogen-bond donors (Lipinski definition) is 1. The van der Waals surface area contributed by atoms with E-state index in [0.29, 0.717) is 45.0 Å². The summed E-state index contributed by atoms with van der Waals surface area (Å²) in [7, 11) is 0. The summed E-state index contributed by atoms with van der Waals surface area (Å²) in [5, 5.41) is 2.70. The van der Waals surface area contributed by atoms with Crippen LogP contribution in [-0.4, -0.2) is 71.8 Å². The molecule has 26 heavy (non-hydrogen) atoms. The highest BCUT2D eigenvalue weighted by Crippen LogP contribution is 2.17. The van der Waals surface area contributed by atoms with Gasteiger partial charge in [-0.1, -0.05) is 6.07 Å². The van der Waals surface area contributed by atoms with Gasteiger partial charge in [0.15, 0.2) is 0 Å². The van der Waals surface area contributed by atoms with Crippen molar-refractivity contribution >= 4 is 23.5 Å². The van der Waals surface area contributed by atoms with Crippen molar-refractivity contribution in [3.8, 4) is 0 Å². The van der Waals surface area contributed by atoms with Crippen LogP contribution in [0.25, 0.3) is 0 Å². The molecule has 2 heterocycles. The highest BCUT2D eigenvalue weighted by atomic mass is 19.1. The van der Waals surface area contributed by atoms with Crippen LogP contribution in [0.15, 0.2) is 18.2 Å². The minimum Gasteiger partial charge on any atom is -0.334 e. The van der Waals surface area contributed by atoms with E-state index in [9.17, 15) is 18.8 Å². The minimum atomic E-state index is -0.493. The van der Waals surface area contributed by atoms with Crippen molar-refractivity contribution < 1.29 is 18.8 Å². The molecule has 8 heteroatoms. The normalized spacial score (nSPS) is 17.4. The van der Waals surface area contributed by atoms with E-state index in [4.69, 9.17) is 0 Å². The van der Waals surface area contributed by atoms with Gasteiger partial charge in [-0.15, -0.1) is 0 Å². The Bertz CT molecular complexity index is 710. The third-order valence-electron chi connectivity index (χ3n) is 4.87. The fraction of sp³-hybridized carbons (Fsp3) is 0.500. The average Bonchev–Trinajstić information content (AvgIpc) is 3.18. The molecular formula is C18H23FN4O3. The molecule has 1 N–H and O–H groups in total. The van der Waals surface area contributed by atoms with Gasteiger partial charge in [0, 0.05) is 45.0 Å². The number of nitrogens with one attached hydrogen (secondary N) is 1. The number of hydrogen-bond acceptors (Lipinski definition) is 3. The van der Waals surface area contributed by atoms with Crippen molar-refractivity contribution in [2.24, 2.45) is 0 Å². The van der Waals surface area contributed by atoms with Crippen LogP contribution in [-0.2, 0) is 9.59 Å². The Morgan fingerprint density at radius 1 is 0.885 bits per heavy atom. The Hall–Kier alpha value is -2.64. The summed E-state index contributed by atoms with van der Waals surface area (Å²) in [6, 6.07) is 3.89. The van der Waals surface area contributed by atoms with Crippen molar-refractivity contribution in [1.29, 1.82) is 0 Å². The van der Waals surface area contributed by atoms with Gasteiger partial charge in [-0.3, -0.25) is 9.59 Å². The second-order valence-electron chi connectivity index (χ2n) is 6.67. The molecule has 0 aliphatic carbocycles. The molecule has 0 unspecified atom stereocenters. The number of amides is 4. The zero-order valence-electron chi connectivity index (χ0n) is 14.8. The second-order valence-corrected chi connectivity index (χ2v) is 6.67. The molecule has 1 aromatic carbocycles. The maximum absolute atomic E-state index is 13.3. The summed E-state index contributed by atoms with van der Waals surface area (Å²) in [6.45, 7) is 4.36. The van der Waals surface area contributed by atoms with Crippen LogP contribution in [0.2, 0.25) is 0 Å². The van der Waals surface area contributed by atoms with Crippen molar-refractivity contribution in [2.45, 2.75) is 19.8 Å². The number of aryl methyl sites for hydroxylation is 1. The number of piperazine rings is 1. The van der Waals surface area contributed by atoms with E-state index in [1.165, 1.54) is 17.0 Å². The predicted octanol–water partition coefficient (Wildman–Crippen LogP) is 1.43. The van der Waals surface area contributed by atoms with Gasteiger partial charge >= 0.3 is 17.8 Å². The Morgan fingerprint density at radius 3 is 2.04 bits per heavy atom. The van der Waals surface area contributed by atoms with E-state index >= 15 is 0 Å². The van der Waals surface area contributed by atoms with Crippen molar-refractivity contribution in [3.63, 3.8) is 0 Å². The maximum Gasteiger partial charge on any atom is 0.321 e. The lowest BCUT2D eigenvalue weighted by molar-refractivity contribution is -0.152. The quantitative estimate of drug-likeness (QED) is 0.768. The third kappa shape index (κ3) is 3.95. The number of urea groups is 1. The van der Waals surface area contributed by atoms with Gasteiger partial charge in [0.2, 0.25) is 0 Å². The molecule has 4 amide bonds. The Balaban J connectivity index is 1.52. The van der Waals surface area contributed by atoms with Gasteiger partial charge in [-0.25, -0.2) is 9.18 Å². The molecule has 0 aromatic heterocycles. The highest BCUT2D eigenvalue weighted by molar-refractivity contribution is 6.35. The molecule has 0 bridgehead atoms. The molecule has 0 spiro atoms. The van der Waals surface area contributed by atoms with Gasteiger partial charge in [-0.2, -0.15) is 0 Å². The second kappa shape index (κ2) is 7.72. The molecule has 3 rings (SSSR count). The Kier molecular flexibility index (Phi) is 5.39. The first-order valence-electron chi connectivity index (χ1n) is 8.86. The molecule has 2 aliphatic rings. The number of anilines is 1. The summed E-state index contributed by atoms with van der Waals surface area (Å²) in [5.74, 6) is -1.36. The molecule has 140 valence electrons. The van der Waals surface area contributed by atoms with E-state index in [1.54, 1.807) is 22.8 Å². The standard InChI is InChI=1S/C18H23FN4O3/c1-13-4-5-14(19)12-15(13)20-18(26)23-10-8-22(9-11-23)17(25)16(24)21-6-2-3-7-21/h4-5,12H,2-3,6-11H2,1H3,(H,20,26). The molecule has 1 aromatic rings. The predicted molar refractivity (Wildman–Crippen MR) is 94.1 cm³/mol. The van der Waals surface area contributed by atoms with E-state index in [-0.39, 0.29) is 6.03 Å². The SMILES string of the molecule is Cc1ccc(F)cc1NC(=O)N1CCN(C(=O)C(=O)N2CCCC2)CC1. The monoisotopic (exact) mass is 362 g/mol. The zero-order chi connectivity index (χ0) is 18.7. The number of nitrogens with zero attached hydrogens (tertiary/aromatic N) is 3. The van der Waals surface area contributed by atoms with E-state index in [2.05, 4.69) is 5.32 Å². The molecule has 2 fully saturated rings. The van der Waals surface area contributed by atoms with Crippen LogP contribution in [0, 0.1) is 12.7 Å². The summed E-state index contributed by atoms with van der Waals surface area (Å²) in [5.41, 5.74) is 1.20. The van der Waals surface area contributed by atoms with E-state index < -0.39 is 17.6 Å². The lowest BCUT2D eigenvalue weighted by Crippen LogP contribution is -2.54. The molecule has 7 nitrogen and oxygen atoms in total. The van der Waals surface area contributed by atoms with Crippen LogP contribution in [0.1, 0.15) is 18.4 Å². The first kappa shape index (κ1) is 18.2. The number of rotatable bonds is 1. The Morgan fingerprint density at radius 2 is 1.42 bits per heavy atom. The van der Waals surface area contributed by atoms with E-state index in [0.717, 1.165) is 18.4 Å². The van der Waals surface area contributed by atoms with Gasteiger partial charge in [0.05, 0.1) is 0 Å². The molecule has 0 atom stereocenters. The fourth-order valence-corrected chi connectivity index (χ4v) is 3.23. The van der Waals surface area contributed by atoms with Crippen molar-refractivity contribution in [1.82, 2.24) is 14.7 Å². The topological polar surface area (TPSA) is 73.0 Å². The minimum absolute atomic E-state index is 0.313. The zero-order valence-corrected chi connectivity index (χ0v) is 14.8. The molecule has 0 radical (unpaired) electrons. The first-order valence-corrected chi connectivity index (χ1v) is 8.86. The average molecular weight is 362 g/mol. The summed E-state index contributed by atoms with van der Waals surface area (Å²) < 4.78 is 13.3. The van der Waals surface area contributed by atoms with Gasteiger partial charge in [-0.05, 0) is 37.5 Å². The van der Waals surface area contributed by atoms with Crippen LogP contribution < -0.4 is 5.32 Å².